The van der Waals surface area contributed by atoms with Crippen molar-refractivity contribution in [3.8, 4) is 0 Å². The Kier molecular flexibility index (Phi) is 6.36. The van der Waals surface area contributed by atoms with Gasteiger partial charge in [0, 0.05) is 6.04 Å². The highest BCUT2D eigenvalue weighted by Gasteiger charge is 2.31. The molecule has 0 heterocycles. The van der Waals surface area contributed by atoms with Gasteiger partial charge in [0.05, 0.1) is 13.0 Å². The zero-order valence-corrected chi connectivity index (χ0v) is 10.4. The van der Waals surface area contributed by atoms with Crippen LogP contribution in [0.15, 0.2) is 0 Å². The van der Waals surface area contributed by atoms with Crippen molar-refractivity contribution in [2.75, 3.05) is 7.11 Å². The van der Waals surface area contributed by atoms with Crippen molar-refractivity contribution >= 4 is 24.3 Å². The van der Waals surface area contributed by atoms with Gasteiger partial charge >= 0.3 is 5.97 Å². The van der Waals surface area contributed by atoms with Gasteiger partial charge in [0.1, 0.15) is 6.04 Å². The molecule has 0 aromatic carbocycles. The monoisotopic (exact) mass is 250 g/mol. The number of esters is 1. The summed E-state index contributed by atoms with van der Waals surface area (Å²) in [5.74, 6) is -0.732. The average Bonchev–Trinajstić information content (AvgIpc) is 2.63. The zero-order valence-electron chi connectivity index (χ0n) is 9.56. The van der Waals surface area contributed by atoms with Crippen LogP contribution in [0.5, 0.6) is 0 Å². The second kappa shape index (κ2) is 6.70. The van der Waals surface area contributed by atoms with Gasteiger partial charge in [-0.1, -0.05) is 6.42 Å². The maximum Gasteiger partial charge on any atom is 0.328 e. The van der Waals surface area contributed by atoms with Gasteiger partial charge in [-0.25, -0.2) is 4.79 Å². The van der Waals surface area contributed by atoms with E-state index in [9.17, 15) is 9.59 Å². The summed E-state index contributed by atoms with van der Waals surface area (Å²) in [4.78, 5) is 22.8. The third-order valence-corrected chi connectivity index (χ3v) is 2.82. The van der Waals surface area contributed by atoms with E-state index in [1.807, 2.05) is 0 Å². The minimum atomic E-state index is -0.602. The Labute approximate surface area is 101 Å². The van der Waals surface area contributed by atoms with Crippen molar-refractivity contribution in [2.45, 2.75) is 38.3 Å². The molecule has 0 spiro atoms. The number of methoxy groups -OCH3 is 1. The molecule has 5 nitrogen and oxygen atoms in total. The number of hydrogen-bond acceptors (Lipinski definition) is 4. The molecule has 1 amide bonds. The van der Waals surface area contributed by atoms with E-state index >= 15 is 0 Å². The van der Waals surface area contributed by atoms with Gasteiger partial charge in [-0.15, -0.1) is 12.4 Å². The molecule has 1 fully saturated rings. The quantitative estimate of drug-likeness (QED) is 0.702. The highest BCUT2D eigenvalue weighted by Crippen LogP contribution is 2.23. The van der Waals surface area contributed by atoms with Crippen molar-refractivity contribution in [3.63, 3.8) is 0 Å². The van der Waals surface area contributed by atoms with E-state index in [-0.39, 0.29) is 30.3 Å². The number of amides is 1. The van der Waals surface area contributed by atoms with E-state index in [1.165, 1.54) is 7.11 Å². The molecule has 0 bridgehead atoms. The lowest BCUT2D eigenvalue weighted by atomic mass is 10.0. The average molecular weight is 251 g/mol. The van der Waals surface area contributed by atoms with Gasteiger partial charge < -0.3 is 15.8 Å². The first-order valence-electron chi connectivity index (χ1n) is 5.20. The van der Waals surface area contributed by atoms with E-state index in [1.54, 1.807) is 6.92 Å². The molecule has 0 aliphatic heterocycles. The van der Waals surface area contributed by atoms with Crippen LogP contribution in [0.1, 0.15) is 26.2 Å². The van der Waals surface area contributed by atoms with Gasteiger partial charge in [-0.2, -0.15) is 0 Å². The smallest absolute Gasteiger partial charge is 0.328 e. The highest BCUT2D eigenvalue weighted by molar-refractivity contribution is 5.86. The molecule has 1 rings (SSSR count). The maximum absolute atomic E-state index is 11.7. The Balaban J connectivity index is 0.00000225. The summed E-state index contributed by atoms with van der Waals surface area (Å²) in [7, 11) is 1.30. The van der Waals surface area contributed by atoms with Crippen molar-refractivity contribution in [1.82, 2.24) is 5.32 Å². The number of nitrogens with one attached hydrogen (secondary N) is 1. The molecule has 0 aromatic heterocycles. The summed E-state index contributed by atoms with van der Waals surface area (Å²) >= 11 is 0. The molecule has 0 radical (unpaired) electrons. The van der Waals surface area contributed by atoms with Gasteiger partial charge in [0.25, 0.3) is 0 Å². The van der Waals surface area contributed by atoms with Crippen molar-refractivity contribution in [1.29, 1.82) is 0 Å². The van der Waals surface area contributed by atoms with Crippen LogP contribution >= 0.6 is 12.4 Å². The number of carbonyl (C=O) groups excluding carboxylic acids is 2. The molecule has 6 heteroatoms. The molecule has 16 heavy (non-hydrogen) atoms. The predicted molar refractivity (Wildman–Crippen MR) is 62.2 cm³/mol. The standard InChI is InChI=1S/C10H18N2O3.ClH/c1-6(10(14)15-2)12-9(13)7-4-3-5-8(7)11;/h6-8H,3-5,11H2,1-2H3,(H,12,13);1H/t6-,7?,8?;/m1./s1. The van der Waals surface area contributed by atoms with Crippen LogP contribution in [0.3, 0.4) is 0 Å². The molecular formula is C10H19ClN2O3. The van der Waals surface area contributed by atoms with Crippen LogP contribution < -0.4 is 11.1 Å². The number of ether oxygens (including phenoxy) is 1. The second-order valence-electron chi connectivity index (χ2n) is 3.95. The van der Waals surface area contributed by atoms with Gasteiger partial charge in [-0.3, -0.25) is 4.79 Å². The Morgan fingerprint density at radius 2 is 2.06 bits per heavy atom. The van der Waals surface area contributed by atoms with E-state index in [0.717, 1.165) is 19.3 Å². The van der Waals surface area contributed by atoms with Crippen molar-refractivity contribution in [3.05, 3.63) is 0 Å². The number of carbonyl (C=O) groups is 2. The summed E-state index contributed by atoms with van der Waals surface area (Å²) < 4.78 is 4.52. The third-order valence-electron chi connectivity index (χ3n) is 2.82. The number of halogens is 1. The number of hydrogen-bond donors (Lipinski definition) is 2. The van der Waals surface area contributed by atoms with Crippen molar-refractivity contribution < 1.29 is 14.3 Å². The van der Waals surface area contributed by atoms with Gasteiger partial charge in [-0.05, 0) is 19.8 Å². The van der Waals surface area contributed by atoms with Gasteiger partial charge in [0.2, 0.25) is 5.91 Å². The maximum atomic E-state index is 11.7. The Morgan fingerprint density at radius 1 is 1.44 bits per heavy atom. The molecule has 1 aliphatic carbocycles. The van der Waals surface area contributed by atoms with E-state index in [4.69, 9.17) is 5.73 Å². The van der Waals surface area contributed by atoms with E-state index in [2.05, 4.69) is 10.1 Å². The molecule has 94 valence electrons. The van der Waals surface area contributed by atoms with Crippen molar-refractivity contribution in [2.24, 2.45) is 11.7 Å². The van der Waals surface area contributed by atoms with Crippen LogP contribution in [-0.4, -0.2) is 31.1 Å². The molecule has 0 aromatic rings. The lowest BCUT2D eigenvalue weighted by Crippen LogP contribution is -2.45. The molecule has 2 unspecified atom stereocenters. The van der Waals surface area contributed by atoms with Crippen LogP contribution in [-0.2, 0) is 14.3 Å². The summed E-state index contributed by atoms with van der Waals surface area (Å²) in [5.41, 5.74) is 5.79. The molecule has 0 saturated heterocycles. The predicted octanol–water partition coefficient (Wildman–Crippen LogP) is 0.213. The fourth-order valence-corrected chi connectivity index (χ4v) is 1.87. The highest BCUT2D eigenvalue weighted by atomic mass is 35.5. The largest absolute Gasteiger partial charge is 0.467 e. The van der Waals surface area contributed by atoms with Crippen LogP contribution in [0.4, 0.5) is 0 Å². The first kappa shape index (κ1) is 15.2. The Bertz CT molecular complexity index is 260. The fourth-order valence-electron chi connectivity index (χ4n) is 1.87. The van der Waals surface area contributed by atoms with Gasteiger partial charge in [0.15, 0.2) is 0 Å². The number of nitrogens with two attached hydrogens (primary N) is 1. The normalized spacial score (nSPS) is 25.4. The molecule has 3 atom stereocenters. The summed E-state index contributed by atoms with van der Waals surface area (Å²) in [6, 6.07) is -0.676. The topological polar surface area (TPSA) is 81.4 Å². The Hall–Kier alpha value is -0.810. The van der Waals surface area contributed by atoms with Crippen LogP contribution in [0.2, 0.25) is 0 Å². The lowest BCUT2D eigenvalue weighted by Gasteiger charge is -2.18. The first-order chi connectivity index (χ1) is 7.06. The summed E-state index contributed by atoms with van der Waals surface area (Å²) in [5, 5.41) is 2.61. The van der Waals surface area contributed by atoms with Crippen LogP contribution in [0.25, 0.3) is 0 Å². The SMILES string of the molecule is COC(=O)[C@@H](C)NC(=O)C1CCCC1N.Cl. The molecule has 1 aliphatic rings. The third kappa shape index (κ3) is 3.64. The zero-order chi connectivity index (χ0) is 11.4. The summed E-state index contributed by atoms with van der Waals surface area (Å²) in [6.45, 7) is 1.60. The second-order valence-corrected chi connectivity index (χ2v) is 3.95. The minimum absolute atomic E-state index is 0. The molecular weight excluding hydrogens is 232 g/mol. The minimum Gasteiger partial charge on any atom is -0.467 e. The number of rotatable bonds is 3. The molecule has 1 saturated carbocycles. The first-order valence-corrected chi connectivity index (χ1v) is 5.20. The van der Waals surface area contributed by atoms with E-state index in [0.29, 0.717) is 0 Å². The Morgan fingerprint density at radius 3 is 2.50 bits per heavy atom. The fraction of sp³-hybridized carbons (Fsp3) is 0.800. The summed E-state index contributed by atoms with van der Waals surface area (Å²) in [6.07, 6.45) is 2.66. The lowest BCUT2D eigenvalue weighted by molar-refractivity contribution is -0.145. The molecule has 3 N–H and O–H groups in total. The van der Waals surface area contributed by atoms with E-state index < -0.39 is 12.0 Å². The van der Waals surface area contributed by atoms with Crippen LogP contribution in [0, 0.1) is 5.92 Å².